The summed E-state index contributed by atoms with van der Waals surface area (Å²) in [4.78, 5) is 11.1. The summed E-state index contributed by atoms with van der Waals surface area (Å²) in [5.74, 6) is 1.38. The Labute approximate surface area is 202 Å². The lowest BCUT2D eigenvalue weighted by atomic mass is 10.1. The van der Waals surface area contributed by atoms with Crippen molar-refractivity contribution in [2.45, 2.75) is 25.9 Å². The number of nitrogens with one attached hydrogen (secondary N) is 2. The van der Waals surface area contributed by atoms with Gasteiger partial charge in [-0.3, -0.25) is 4.99 Å². The van der Waals surface area contributed by atoms with E-state index in [1.807, 2.05) is 18.2 Å². The lowest BCUT2D eigenvalue weighted by Crippen LogP contribution is -2.45. The molecule has 166 valence electrons. The van der Waals surface area contributed by atoms with Crippen LogP contribution in [0.1, 0.15) is 16.8 Å². The molecule has 2 N–H and O–H groups in total. The molecule has 0 fully saturated rings. The van der Waals surface area contributed by atoms with Gasteiger partial charge >= 0.3 is 0 Å². The highest BCUT2D eigenvalue weighted by molar-refractivity contribution is 14.0. The number of guanidine groups is 1. The van der Waals surface area contributed by atoms with Crippen molar-refractivity contribution in [1.82, 2.24) is 20.5 Å². The predicted molar refractivity (Wildman–Crippen MR) is 138 cm³/mol. The summed E-state index contributed by atoms with van der Waals surface area (Å²) in [5, 5.41) is 6.74. The highest BCUT2D eigenvalue weighted by Gasteiger charge is 2.13. The summed E-state index contributed by atoms with van der Waals surface area (Å²) < 4.78 is 5.63. The summed E-state index contributed by atoms with van der Waals surface area (Å²) in [6, 6.07) is 19.1. The second kappa shape index (κ2) is 12.5. The zero-order valence-corrected chi connectivity index (χ0v) is 21.0. The van der Waals surface area contributed by atoms with Gasteiger partial charge in [0.2, 0.25) is 5.89 Å². The predicted octanol–water partition coefficient (Wildman–Crippen LogP) is 4.11. The minimum absolute atomic E-state index is 0. The number of likely N-dealkylation sites (N-methyl/N-ethyl adjacent to an activating group) is 1. The lowest BCUT2D eigenvalue weighted by Gasteiger charge is -2.25. The topological polar surface area (TPSA) is 65.7 Å². The van der Waals surface area contributed by atoms with E-state index in [1.165, 1.54) is 11.1 Å². The zero-order valence-electron chi connectivity index (χ0n) is 18.6. The van der Waals surface area contributed by atoms with E-state index in [0.29, 0.717) is 18.5 Å². The fraction of sp³-hybridized carbons (Fsp3) is 0.333. The molecule has 0 radical (unpaired) electrons. The summed E-state index contributed by atoms with van der Waals surface area (Å²) in [6.45, 7) is 3.39. The summed E-state index contributed by atoms with van der Waals surface area (Å²) in [6.07, 6.45) is 2.66. The van der Waals surface area contributed by atoms with Crippen LogP contribution >= 0.6 is 24.0 Å². The molecular weight excluding hydrogens is 501 g/mol. The minimum Gasteiger partial charge on any atom is -0.444 e. The van der Waals surface area contributed by atoms with Gasteiger partial charge in [0.1, 0.15) is 6.26 Å². The first kappa shape index (κ1) is 24.9. The number of rotatable bonds is 8. The number of benzene rings is 2. The molecule has 6 nitrogen and oxygen atoms in total. The third-order valence-corrected chi connectivity index (χ3v) is 5.06. The van der Waals surface area contributed by atoms with Crippen molar-refractivity contribution in [2.24, 2.45) is 4.99 Å². The van der Waals surface area contributed by atoms with Gasteiger partial charge in [-0.2, -0.15) is 0 Å². The van der Waals surface area contributed by atoms with Gasteiger partial charge in [-0.25, -0.2) is 4.98 Å². The van der Waals surface area contributed by atoms with Crippen LogP contribution in [-0.2, 0) is 13.0 Å². The van der Waals surface area contributed by atoms with Crippen molar-refractivity contribution in [2.75, 3.05) is 27.7 Å². The van der Waals surface area contributed by atoms with Gasteiger partial charge in [0.05, 0.1) is 12.2 Å². The maximum Gasteiger partial charge on any atom is 0.226 e. The molecule has 0 amide bonds. The smallest absolute Gasteiger partial charge is 0.226 e. The van der Waals surface area contributed by atoms with Crippen LogP contribution in [0, 0.1) is 6.92 Å². The normalized spacial score (nSPS) is 12.4. The van der Waals surface area contributed by atoms with Gasteiger partial charge in [0, 0.05) is 25.2 Å². The van der Waals surface area contributed by atoms with Gasteiger partial charge < -0.3 is 20.0 Å². The van der Waals surface area contributed by atoms with Gasteiger partial charge in [0.25, 0.3) is 0 Å². The Balaban J connectivity index is 0.00000341. The number of hydrogen-bond acceptors (Lipinski definition) is 4. The number of halogens is 1. The fourth-order valence-corrected chi connectivity index (χ4v) is 3.15. The number of aliphatic imine (C=N–C) groups is 1. The molecule has 0 aliphatic heterocycles. The van der Waals surface area contributed by atoms with Crippen LogP contribution in [0.3, 0.4) is 0 Å². The van der Waals surface area contributed by atoms with E-state index in [2.05, 4.69) is 82.9 Å². The number of aryl methyl sites for hydroxylation is 1. The van der Waals surface area contributed by atoms with Crippen LogP contribution < -0.4 is 10.6 Å². The Morgan fingerprint density at radius 3 is 2.42 bits per heavy atom. The first-order chi connectivity index (χ1) is 14.5. The second-order valence-corrected chi connectivity index (χ2v) is 7.62. The zero-order chi connectivity index (χ0) is 21.3. The fourth-order valence-electron chi connectivity index (χ4n) is 3.15. The van der Waals surface area contributed by atoms with Crippen LogP contribution in [0.4, 0.5) is 0 Å². The molecule has 3 rings (SSSR count). The molecule has 0 aliphatic rings. The molecule has 31 heavy (non-hydrogen) atoms. The molecule has 0 bridgehead atoms. The molecule has 3 aromatic rings. The summed E-state index contributed by atoms with van der Waals surface area (Å²) in [7, 11) is 5.98. The first-order valence-corrected chi connectivity index (χ1v) is 10.2. The van der Waals surface area contributed by atoms with Crippen LogP contribution in [0.2, 0.25) is 0 Å². The van der Waals surface area contributed by atoms with E-state index in [1.54, 1.807) is 13.3 Å². The van der Waals surface area contributed by atoms with Crippen LogP contribution in [-0.4, -0.2) is 49.6 Å². The molecular formula is C24H32IN5O. The third kappa shape index (κ3) is 7.66. The molecule has 0 saturated carbocycles. The van der Waals surface area contributed by atoms with E-state index in [-0.39, 0.29) is 24.0 Å². The van der Waals surface area contributed by atoms with Gasteiger partial charge in [0.15, 0.2) is 5.96 Å². The van der Waals surface area contributed by atoms with E-state index >= 15 is 0 Å². The Kier molecular flexibility index (Phi) is 10.00. The Morgan fingerprint density at radius 2 is 1.77 bits per heavy atom. The third-order valence-electron chi connectivity index (χ3n) is 5.06. The average Bonchev–Trinajstić information content (AvgIpc) is 3.23. The van der Waals surface area contributed by atoms with Gasteiger partial charge in [-0.05, 0) is 45.1 Å². The molecule has 1 unspecified atom stereocenters. The van der Waals surface area contributed by atoms with E-state index in [0.717, 1.165) is 30.2 Å². The number of aromatic nitrogens is 1. The molecule has 0 aliphatic carbocycles. The van der Waals surface area contributed by atoms with Crippen molar-refractivity contribution in [3.63, 3.8) is 0 Å². The summed E-state index contributed by atoms with van der Waals surface area (Å²) in [5.41, 5.74) is 4.35. The molecule has 1 aromatic heterocycles. The largest absolute Gasteiger partial charge is 0.444 e. The average molecular weight is 533 g/mol. The first-order valence-electron chi connectivity index (χ1n) is 10.2. The summed E-state index contributed by atoms with van der Waals surface area (Å²) >= 11 is 0. The maximum absolute atomic E-state index is 5.63. The number of nitrogens with zero attached hydrogens (tertiary/aromatic N) is 3. The lowest BCUT2D eigenvalue weighted by molar-refractivity contribution is 0.290. The van der Waals surface area contributed by atoms with Crippen molar-refractivity contribution in [3.05, 3.63) is 77.7 Å². The van der Waals surface area contributed by atoms with E-state index < -0.39 is 0 Å². The Bertz CT molecular complexity index is 938. The van der Waals surface area contributed by atoms with E-state index in [4.69, 9.17) is 4.42 Å². The Morgan fingerprint density at radius 1 is 1.06 bits per heavy atom. The standard InChI is InChI=1S/C24H31N5O.HI/c1-18-10-12-20(13-11-18)23-28-21(17-30-23)15-26-24(25-2)27-16-22(29(3)4)14-19-8-6-5-7-9-19;/h5-13,17,22H,14-16H2,1-4H3,(H2,25,26,27);1H. The van der Waals surface area contributed by atoms with Crippen LogP contribution in [0.5, 0.6) is 0 Å². The monoisotopic (exact) mass is 533 g/mol. The van der Waals surface area contributed by atoms with E-state index in [9.17, 15) is 0 Å². The number of hydrogen-bond donors (Lipinski definition) is 2. The van der Waals surface area contributed by atoms with Crippen LogP contribution in [0.25, 0.3) is 11.5 Å². The molecule has 0 spiro atoms. The molecule has 1 heterocycles. The maximum atomic E-state index is 5.63. The SMILES string of the molecule is CN=C(NCc1coc(-c2ccc(C)cc2)n1)NCC(Cc1ccccc1)N(C)C.I. The molecule has 7 heteroatoms. The molecule has 0 saturated heterocycles. The van der Waals surface area contributed by atoms with Crippen molar-refractivity contribution >= 4 is 29.9 Å². The van der Waals surface area contributed by atoms with Crippen molar-refractivity contribution < 1.29 is 4.42 Å². The highest BCUT2D eigenvalue weighted by Crippen LogP contribution is 2.19. The van der Waals surface area contributed by atoms with Gasteiger partial charge in [-0.1, -0.05) is 48.0 Å². The quantitative estimate of drug-likeness (QED) is 0.259. The molecule has 2 aromatic carbocycles. The Hall–Kier alpha value is -2.39. The second-order valence-electron chi connectivity index (χ2n) is 7.62. The minimum atomic E-state index is 0. The van der Waals surface area contributed by atoms with Gasteiger partial charge in [-0.15, -0.1) is 24.0 Å². The van der Waals surface area contributed by atoms with Crippen molar-refractivity contribution in [1.29, 1.82) is 0 Å². The van der Waals surface area contributed by atoms with Crippen molar-refractivity contribution in [3.8, 4) is 11.5 Å². The molecule has 1 atom stereocenters. The highest BCUT2D eigenvalue weighted by atomic mass is 127. The van der Waals surface area contributed by atoms with Crippen LogP contribution in [0.15, 0.2) is 70.3 Å². The number of oxazole rings is 1.